The molecule has 1 aromatic rings. The first-order chi connectivity index (χ1) is 5.27. The number of hydrogen-bond acceptors (Lipinski definition) is 2. The summed E-state index contributed by atoms with van der Waals surface area (Å²) < 4.78 is 3.00. The summed E-state index contributed by atoms with van der Waals surface area (Å²) in [6.45, 7) is 0.773. The van der Waals surface area contributed by atoms with Crippen molar-refractivity contribution in [1.29, 1.82) is 0 Å². The molecule has 0 saturated heterocycles. The van der Waals surface area contributed by atoms with Crippen LogP contribution in [0.4, 0.5) is 0 Å². The van der Waals surface area contributed by atoms with Gasteiger partial charge >= 0.3 is 0 Å². The fraction of sp³-hybridized carbons (Fsp3) is 0.429. The van der Waals surface area contributed by atoms with Gasteiger partial charge in [0, 0.05) is 13.0 Å². The van der Waals surface area contributed by atoms with Crippen molar-refractivity contribution in [2.75, 3.05) is 0 Å². The molecule has 0 atom stereocenters. The van der Waals surface area contributed by atoms with Crippen LogP contribution in [0.2, 0.25) is 0 Å². The molecule has 0 bridgehead atoms. The molecule has 0 radical (unpaired) electrons. The fourth-order valence-corrected chi connectivity index (χ4v) is 1.75. The number of aromatic nitrogens is 2. The Morgan fingerprint density at radius 1 is 1.64 bits per heavy atom. The average molecular weight is 215 g/mol. The SMILES string of the molecule is O=C1CCn2c(Br)cnc2C1. The summed E-state index contributed by atoms with van der Waals surface area (Å²) in [4.78, 5) is 15.1. The van der Waals surface area contributed by atoms with Crippen molar-refractivity contribution in [3.05, 3.63) is 16.6 Å². The second kappa shape index (κ2) is 2.44. The normalized spacial score (nSPS) is 16.6. The Morgan fingerprint density at radius 3 is 3.27 bits per heavy atom. The maximum Gasteiger partial charge on any atom is 0.142 e. The van der Waals surface area contributed by atoms with Crippen molar-refractivity contribution in [2.45, 2.75) is 19.4 Å². The Labute approximate surface area is 72.6 Å². The molecule has 3 nitrogen and oxygen atoms in total. The summed E-state index contributed by atoms with van der Waals surface area (Å²) in [5.74, 6) is 1.17. The van der Waals surface area contributed by atoms with Gasteiger partial charge in [-0.1, -0.05) is 0 Å². The zero-order chi connectivity index (χ0) is 7.84. The smallest absolute Gasteiger partial charge is 0.142 e. The van der Waals surface area contributed by atoms with Gasteiger partial charge in [-0.15, -0.1) is 0 Å². The van der Waals surface area contributed by atoms with Gasteiger partial charge in [0.15, 0.2) is 0 Å². The van der Waals surface area contributed by atoms with E-state index in [0.717, 1.165) is 17.0 Å². The number of fused-ring (bicyclic) bond motifs is 1. The number of nitrogens with zero attached hydrogens (tertiary/aromatic N) is 2. The molecule has 0 amide bonds. The van der Waals surface area contributed by atoms with Crippen molar-refractivity contribution >= 4 is 21.7 Å². The molecule has 2 rings (SSSR count). The Balaban J connectivity index is 2.44. The van der Waals surface area contributed by atoms with Gasteiger partial charge in [-0.25, -0.2) is 4.98 Å². The van der Waals surface area contributed by atoms with E-state index in [4.69, 9.17) is 0 Å². The van der Waals surface area contributed by atoms with Crippen LogP contribution >= 0.6 is 15.9 Å². The molecule has 4 heteroatoms. The second-order valence-corrected chi connectivity index (χ2v) is 3.43. The molecule has 0 N–H and O–H groups in total. The summed E-state index contributed by atoms with van der Waals surface area (Å²) in [6, 6.07) is 0. The van der Waals surface area contributed by atoms with E-state index in [0.29, 0.717) is 12.8 Å². The minimum absolute atomic E-state index is 0.288. The maximum absolute atomic E-state index is 11.0. The number of rotatable bonds is 0. The molecule has 2 heterocycles. The molecule has 11 heavy (non-hydrogen) atoms. The number of Topliss-reactive ketones (excluding diaryl/α,β-unsaturated/α-hetero) is 1. The predicted molar refractivity (Wildman–Crippen MR) is 43.3 cm³/mol. The fourth-order valence-electron chi connectivity index (χ4n) is 1.27. The van der Waals surface area contributed by atoms with Crippen molar-refractivity contribution < 1.29 is 4.79 Å². The van der Waals surface area contributed by atoms with Crippen molar-refractivity contribution in [3.63, 3.8) is 0 Å². The lowest BCUT2D eigenvalue weighted by Gasteiger charge is -2.12. The van der Waals surface area contributed by atoms with Gasteiger partial charge in [0.1, 0.15) is 16.2 Å². The van der Waals surface area contributed by atoms with Gasteiger partial charge in [-0.3, -0.25) is 4.79 Å². The third-order valence-corrected chi connectivity index (χ3v) is 2.49. The molecule has 0 aromatic carbocycles. The monoisotopic (exact) mass is 214 g/mol. The summed E-state index contributed by atoms with van der Waals surface area (Å²) in [7, 11) is 0. The van der Waals surface area contributed by atoms with E-state index >= 15 is 0 Å². The predicted octanol–water partition coefficient (Wildman–Crippen LogP) is 1.16. The molecule has 1 aliphatic rings. The average Bonchev–Trinajstić information content (AvgIpc) is 2.32. The highest BCUT2D eigenvalue weighted by Crippen LogP contribution is 2.17. The number of hydrogen-bond donors (Lipinski definition) is 0. The molecule has 0 unspecified atom stereocenters. The Morgan fingerprint density at radius 2 is 2.45 bits per heavy atom. The Kier molecular flexibility index (Phi) is 1.56. The summed E-state index contributed by atoms with van der Waals surface area (Å²) in [6.07, 6.45) is 2.88. The lowest BCUT2D eigenvalue weighted by Crippen LogP contribution is -2.18. The highest BCUT2D eigenvalue weighted by molar-refractivity contribution is 9.10. The molecule has 0 spiro atoms. The number of ketones is 1. The van der Waals surface area contributed by atoms with Crippen molar-refractivity contribution in [2.24, 2.45) is 0 Å². The summed E-state index contributed by atoms with van der Waals surface area (Å²) >= 11 is 3.36. The van der Waals surface area contributed by atoms with Crippen LogP contribution in [-0.4, -0.2) is 15.3 Å². The van der Waals surface area contributed by atoms with E-state index in [9.17, 15) is 4.79 Å². The van der Waals surface area contributed by atoms with E-state index in [1.807, 2.05) is 4.57 Å². The minimum atomic E-state index is 0.288. The first-order valence-electron chi connectivity index (χ1n) is 3.49. The van der Waals surface area contributed by atoms with Crippen LogP contribution in [0.1, 0.15) is 12.2 Å². The first kappa shape index (κ1) is 7.03. The lowest BCUT2D eigenvalue weighted by atomic mass is 10.1. The molecule has 1 aromatic heterocycles. The standard InChI is InChI=1S/C7H7BrN2O/c8-6-4-9-7-3-5(11)1-2-10(6)7/h4H,1-3H2. The quantitative estimate of drug-likeness (QED) is 0.650. The maximum atomic E-state index is 11.0. The first-order valence-corrected chi connectivity index (χ1v) is 4.28. The molecule has 58 valence electrons. The Bertz CT molecular complexity index is 305. The van der Waals surface area contributed by atoms with Gasteiger partial charge in [0.25, 0.3) is 0 Å². The van der Waals surface area contributed by atoms with E-state index in [1.165, 1.54) is 0 Å². The Hall–Kier alpha value is -0.640. The van der Waals surface area contributed by atoms with E-state index in [1.54, 1.807) is 6.20 Å². The molecule has 0 fully saturated rings. The number of carbonyl (C=O) groups excluding carboxylic acids is 1. The molecular weight excluding hydrogens is 208 g/mol. The third-order valence-electron chi connectivity index (χ3n) is 1.86. The highest BCUT2D eigenvalue weighted by Gasteiger charge is 2.17. The van der Waals surface area contributed by atoms with E-state index < -0.39 is 0 Å². The molecule has 0 saturated carbocycles. The van der Waals surface area contributed by atoms with Crippen LogP contribution in [-0.2, 0) is 17.8 Å². The van der Waals surface area contributed by atoms with Crippen molar-refractivity contribution in [3.8, 4) is 0 Å². The van der Waals surface area contributed by atoms with Gasteiger partial charge in [0.2, 0.25) is 0 Å². The number of carbonyl (C=O) groups is 1. The van der Waals surface area contributed by atoms with Gasteiger partial charge < -0.3 is 4.57 Å². The van der Waals surface area contributed by atoms with Gasteiger partial charge in [-0.05, 0) is 15.9 Å². The van der Waals surface area contributed by atoms with Crippen molar-refractivity contribution in [1.82, 2.24) is 9.55 Å². The van der Waals surface area contributed by atoms with E-state index in [2.05, 4.69) is 20.9 Å². The van der Waals surface area contributed by atoms with Gasteiger partial charge in [0.05, 0.1) is 12.6 Å². The zero-order valence-electron chi connectivity index (χ0n) is 5.88. The molecule has 0 aliphatic carbocycles. The van der Waals surface area contributed by atoms with Crippen LogP contribution in [0.3, 0.4) is 0 Å². The zero-order valence-corrected chi connectivity index (χ0v) is 7.47. The highest BCUT2D eigenvalue weighted by atomic mass is 79.9. The second-order valence-electron chi connectivity index (χ2n) is 2.61. The summed E-state index contributed by atoms with van der Waals surface area (Å²) in [5, 5.41) is 0. The largest absolute Gasteiger partial charge is 0.322 e. The van der Waals surface area contributed by atoms with Gasteiger partial charge in [-0.2, -0.15) is 0 Å². The third kappa shape index (κ3) is 1.11. The molecular formula is C7H7BrN2O. The topological polar surface area (TPSA) is 34.9 Å². The lowest BCUT2D eigenvalue weighted by molar-refractivity contribution is -0.119. The van der Waals surface area contributed by atoms with Crippen LogP contribution in [0.25, 0.3) is 0 Å². The number of imidazole rings is 1. The van der Waals surface area contributed by atoms with Crippen LogP contribution < -0.4 is 0 Å². The van der Waals surface area contributed by atoms with Crippen LogP contribution in [0, 0.1) is 0 Å². The van der Waals surface area contributed by atoms with E-state index in [-0.39, 0.29) is 5.78 Å². The molecule has 1 aliphatic heterocycles. The van der Waals surface area contributed by atoms with Crippen LogP contribution in [0.5, 0.6) is 0 Å². The van der Waals surface area contributed by atoms with Crippen LogP contribution in [0.15, 0.2) is 10.8 Å². The number of halogens is 1. The summed E-state index contributed by atoms with van der Waals surface area (Å²) in [5.41, 5.74) is 0. The minimum Gasteiger partial charge on any atom is -0.322 e.